The third-order valence-corrected chi connectivity index (χ3v) is 9.46. The van der Waals surface area contributed by atoms with E-state index in [9.17, 15) is 16.8 Å². The molecule has 0 aromatic carbocycles. The fraction of sp³-hybridized carbons (Fsp3) is 1.00. The summed E-state index contributed by atoms with van der Waals surface area (Å²) in [5.74, 6) is 0. The highest BCUT2D eigenvalue weighted by Crippen LogP contribution is 2.22. The number of nitrogens with zero attached hydrogens (tertiary/aromatic N) is 4. The molecule has 27 heavy (non-hydrogen) atoms. The van der Waals surface area contributed by atoms with Crippen LogP contribution < -0.4 is 0 Å². The Morgan fingerprint density at radius 2 is 0.963 bits per heavy atom. The Bertz CT molecular complexity index is 688. The molecule has 2 unspecified atom stereocenters. The van der Waals surface area contributed by atoms with E-state index >= 15 is 0 Å². The molecule has 9 nitrogen and oxygen atoms in total. The average Bonchev–Trinajstić information content (AvgIpc) is 2.91. The fourth-order valence-corrected chi connectivity index (χ4v) is 7.47. The second-order valence-electron chi connectivity index (χ2n) is 7.70. The van der Waals surface area contributed by atoms with Crippen molar-refractivity contribution in [2.75, 3.05) is 52.4 Å². The van der Waals surface area contributed by atoms with Crippen molar-refractivity contribution in [2.24, 2.45) is 0 Å². The number of rotatable bonds is 4. The van der Waals surface area contributed by atoms with Crippen LogP contribution in [0.5, 0.6) is 0 Å². The van der Waals surface area contributed by atoms with E-state index in [4.69, 9.17) is 4.74 Å². The van der Waals surface area contributed by atoms with Crippen molar-refractivity contribution in [3.8, 4) is 0 Å². The van der Waals surface area contributed by atoms with Gasteiger partial charge in [0.05, 0.1) is 12.2 Å². The molecule has 0 radical (unpaired) electrons. The van der Waals surface area contributed by atoms with Gasteiger partial charge in [-0.15, -0.1) is 0 Å². The zero-order valence-corrected chi connectivity index (χ0v) is 17.9. The molecule has 0 spiro atoms. The lowest BCUT2D eigenvalue weighted by atomic mass is 10.2. The highest BCUT2D eigenvalue weighted by Gasteiger charge is 2.39. The third-order valence-electron chi connectivity index (χ3n) is 5.45. The molecule has 3 rings (SSSR count). The molecular formula is C16H32N4O5S2. The van der Waals surface area contributed by atoms with Gasteiger partial charge in [0.1, 0.15) is 0 Å². The Morgan fingerprint density at radius 3 is 1.41 bits per heavy atom. The van der Waals surface area contributed by atoms with E-state index in [-0.39, 0.29) is 38.4 Å². The molecule has 3 heterocycles. The second-order valence-corrected chi connectivity index (χ2v) is 11.6. The van der Waals surface area contributed by atoms with Crippen molar-refractivity contribution in [1.29, 1.82) is 0 Å². The van der Waals surface area contributed by atoms with Gasteiger partial charge in [0.15, 0.2) is 0 Å². The predicted molar refractivity (Wildman–Crippen MR) is 103 cm³/mol. The molecule has 0 saturated carbocycles. The van der Waals surface area contributed by atoms with Crippen LogP contribution in [0.4, 0.5) is 0 Å². The van der Waals surface area contributed by atoms with Crippen molar-refractivity contribution in [1.82, 2.24) is 17.2 Å². The first-order chi connectivity index (χ1) is 12.7. The van der Waals surface area contributed by atoms with Crippen LogP contribution in [-0.2, 0) is 25.2 Å². The maximum Gasteiger partial charge on any atom is 0.282 e. The second kappa shape index (κ2) is 8.60. The number of morpholine rings is 1. The maximum atomic E-state index is 13.0. The summed E-state index contributed by atoms with van der Waals surface area (Å²) in [6, 6.07) is 0. The summed E-state index contributed by atoms with van der Waals surface area (Å²) in [4.78, 5) is 0. The van der Waals surface area contributed by atoms with E-state index in [1.54, 1.807) is 4.31 Å². The largest absolute Gasteiger partial charge is 0.373 e. The topological polar surface area (TPSA) is 90.5 Å². The van der Waals surface area contributed by atoms with E-state index in [0.717, 1.165) is 25.7 Å². The maximum absolute atomic E-state index is 13.0. The molecule has 0 aromatic rings. The van der Waals surface area contributed by atoms with Crippen molar-refractivity contribution in [3.63, 3.8) is 0 Å². The van der Waals surface area contributed by atoms with Gasteiger partial charge in [-0.1, -0.05) is 12.8 Å². The molecule has 3 fully saturated rings. The lowest BCUT2D eigenvalue weighted by molar-refractivity contribution is -0.0456. The van der Waals surface area contributed by atoms with Crippen LogP contribution in [-0.4, -0.2) is 98.6 Å². The smallest absolute Gasteiger partial charge is 0.282 e. The first-order valence-electron chi connectivity index (χ1n) is 9.87. The first kappa shape index (κ1) is 21.4. The minimum atomic E-state index is -3.60. The predicted octanol–water partition coefficient (Wildman–Crippen LogP) is 0.0788. The zero-order chi connectivity index (χ0) is 19.7. The summed E-state index contributed by atoms with van der Waals surface area (Å²) in [6.45, 7) is 6.30. The fourth-order valence-electron chi connectivity index (χ4n) is 4.05. The molecule has 0 N–H and O–H groups in total. The van der Waals surface area contributed by atoms with Crippen LogP contribution in [0.25, 0.3) is 0 Å². The van der Waals surface area contributed by atoms with Gasteiger partial charge in [-0.25, -0.2) is 0 Å². The van der Waals surface area contributed by atoms with Crippen molar-refractivity contribution in [3.05, 3.63) is 0 Å². The summed E-state index contributed by atoms with van der Waals surface area (Å²) in [5, 5.41) is 0. The van der Waals surface area contributed by atoms with E-state index in [1.807, 2.05) is 13.8 Å². The normalized spacial score (nSPS) is 31.6. The highest BCUT2D eigenvalue weighted by atomic mass is 32.2. The average molecular weight is 425 g/mol. The summed E-state index contributed by atoms with van der Waals surface area (Å²) in [6.07, 6.45) is 3.62. The summed E-state index contributed by atoms with van der Waals surface area (Å²) in [7, 11) is -7.11. The lowest BCUT2D eigenvalue weighted by Crippen LogP contribution is -2.58. The van der Waals surface area contributed by atoms with Crippen molar-refractivity contribution >= 4 is 20.4 Å². The van der Waals surface area contributed by atoms with Gasteiger partial charge in [-0.05, 0) is 26.7 Å². The Morgan fingerprint density at radius 1 is 0.593 bits per heavy atom. The molecule has 3 aliphatic rings. The highest BCUT2D eigenvalue weighted by molar-refractivity contribution is 7.87. The van der Waals surface area contributed by atoms with Crippen molar-refractivity contribution < 1.29 is 21.6 Å². The molecule has 0 amide bonds. The van der Waals surface area contributed by atoms with Crippen LogP contribution in [0.15, 0.2) is 0 Å². The molecule has 2 atom stereocenters. The minimum absolute atomic E-state index is 0.145. The quantitative estimate of drug-likeness (QED) is 0.637. The molecule has 11 heteroatoms. The Kier molecular flexibility index (Phi) is 6.82. The van der Waals surface area contributed by atoms with Gasteiger partial charge in [-0.3, -0.25) is 0 Å². The molecule has 3 saturated heterocycles. The minimum Gasteiger partial charge on any atom is -0.373 e. The van der Waals surface area contributed by atoms with E-state index in [2.05, 4.69) is 0 Å². The zero-order valence-electron chi connectivity index (χ0n) is 16.3. The van der Waals surface area contributed by atoms with E-state index in [0.29, 0.717) is 26.2 Å². The van der Waals surface area contributed by atoms with Crippen molar-refractivity contribution in [2.45, 2.75) is 51.7 Å². The standard InChI is InChI=1S/C16H32N4O5S2/c1-15-13-20(14-16(2)25-15)27(23,24)19-11-9-18(10-12-19)26(21,22)17-7-5-3-4-6-8-17/h15-16H,3-14H2,1-2H3. The number of hydrogen-bond acceptors (Lipinski definition) is 5. The van der Waals surface area contributed by atoms with Gasteiger partial charge < -0.3 is 4.74 Å². The van der Waals surface area contributed by atoms with Gasteiger partial charge in [0.25, 0.3) is 20.4 Å². The molecule has 0 bridgehead atoms. The first-order valence-corrected chi connectivity index (χ1v) is 12.7. The summed E-state index contributed by atoms with van der Waals surface area (Å²) >= 11 is 0. The van der Waals surface area contributed by atoms with Gasteiger partial charge in [0.2, 0.25) is 0 Å². The van der Waals surface area contributed by atoms with E-state index < -0.39 is 20.4 Å². The number of ether oxygens (including phenoxy) is 1. The lowest BCUT2D eigenvalue weighted by Gasteiger charge is -2.40. The Balaban J connectivity index is 1.62. The number of hydrogen-bond donors (Lipinski definition) is 0. The SMILES string of the molecule is CC1CN(S(=O)(=O)N2CCN(S(=O)(=O)N3CCCCCC3)CC2)CC(C)O1. The van der Waals surface area contributed by atoms with Gasteiger partial charge in [0, 0.05) is 52.4 Å². The van der Waals surface area contributed by atoms with Crippen LogP contribution in [0, 0.1) is 0 Å². The van der Waals surface area contributed by atoms with Crippen LogP contribution in [0.3, 0.4) is 0 Å². The molecule has 158 valence electrons. The molecule has 0 aromatic heterocycles. The van der Waals surface area contributed by atoms with Crippen LogP contribution in [0.2, 0.25) is 0 Å². The van der Waals surface area contributed by atoms with Gasteiger partial charge in [-0.2, -0.15) is 34.1 Å². The molecular weight excluding hydrogens is 392 g/mol. The number of piperazine rings is 1. The monoisotopic (exact) mass is 424 g/mol. The summed E-state index contributed by atoms with van der Waals surface area (Å²) in [5.41, 5.74) is 0. The van der Waals surface area contributed by atoms with Crippen LogP contribution in [0.1, 0.15) is 39.5 Å². The third kappa shape index (κ3) is 4.82. The van der Waals surface area contributed by atoms with Crippen LogP contribution >= 0.6 is 0 Å². The Labute approximate surface area is 163 Å². The van der Waals surface area contributed by atoms with E-state index in [1.165, 1.54) is 12.9 Å². The van der Waals surface area contributed by atoms with Gasteiger partial charge >= 0.3 is 0 Å². The molecule has 3 aliphatic heterocycles. The summed E-state index contributed by atoms with van der Waals surface area (Å²) < 4.78 is 63.2. The Hall–Kier alpha value is -0.300. The molecule has 0 aliphatic carbocycles.